The number of benzene rings is 2. The van der Waals surface area contributed by atoms with Crippen molar-refractivity contribution in [1.29, 1.82) is 0 Å². The molecule has 0 unspecified atom stereocenters. The standard InChI is InChI=1S/C20H22Cl2N2O3S/c1-13-6-7-14(2)18(12-13)23-20(25)15-8-10-24(11-9-15)28(26,27)19-16(21)4-3-5-17(19)22/h3-7,12,15H,8-11H2,1-2H3,(H,23,25). The first-order valence-corrected chi connectivity index (χ1v) is 11.2. The first-order valence-electron chi connectivity index (χ1n) is 9.02. The van der Waals surface area contributed by atoms with Crippen molar-refractivity contribution in [1.82, 2.24) is 4.31 Å². The molecule has 1 aliphatic rings. The Balaban J connectivity index is 1.69. The lowest BCUT2D eigenvalue weighted by molar-refractivity contribution is -0.120. The van der Waals surface area contributed by atoms with Crippen LogP contribution in [0.15, 0.2) is 41.3 Å². The number of piperidine rings is 1. The molecule has 1 saturated heterocycles. The third-order valence-electron chi connectivity index (χ3n) is 4.99. The summed E-state index contributed by atoms with van der Waals surface area (Å²) >= 11 is 12.2. The summed E-state index contributed by atoms with van der Waals surface area (Å²) in [4.78, 5) is 12.6. The van der Waals surface area contributed by atoms with Crippen molar-refractivity contribution >= 4 is 44.8 Å². The fourth-order valence-corrected chi connectivity index (χ4v) is 5.88. The maximum absolute atomic E-state index is 12.9. The molecule has 0 aromatic heterocycles. The van der Waals surface area contributed by atoms with E-state index in [0.29, 0.717) is 12.8 Å². The highest BCUT2D eigenvalue weighted by Gasteiger charge is 2.34. The van der Waals surface area contributed by atoms with Crippen molar-refractivity contribution in [2.45, 2.75) is 31.6 Å². The third kappa shape index (κ3) is 4.35. The first kappa shape index (κ1) is 21.1. The lowest BCUT2D eigenvalue weighted by Gasteiger charge is -2.31. The molecule has 3 rings (SSSR count). The topological polar surface area (TPSA) is 66.5 Å². The van der Waals surface area contributed by atoms with E-state index in [-0.39, 0.29) is 39.9 Å². The van der Waals surface area contributed by atoms with Crippen molar-refractivity contribution in [3.05, 3.63) is 57.6 Å². The monoisotopic (exact) mass is 440 g/mol. The van der Waals surface area contributed by atoms with Gasteiger partial charge in [-0.1, -0.05) is 41.4 Å². The number of anilines is 1. The maximum Gasteiger partial charge on any atom is 0.246 e. The number of halogens is 2. The quantitative estimate of drug-likeness (QED) is 0.751. The zero-order valence-electron chi connectivity index (χ0n) is 15.7. The number of hydrogen-bond donors (Lipinski definition) is 1. The molecular weight excluding hydrogens is 419 g/mol. The summed E-state index contributed by atoms with van der Waals surface area (Å²) in [6.45, 7) is 4.40. The van der Waals surface area contributed by atoms with E-state index in [0.717, 1.165) is 16.8 Å². The van der Waals surface area contributed by atoms with Crippen molar-refractivity contribution in [3.8, 4) is 0 Å². The van der Waals surface area contributed by atoms with E-state index >= 15 is 0 Å². The number of amides is 1. The van der Waals surface area contributed by atoms with Crippen LogP contribution in [-0.4, -0.2) is 31.7 Å². The summed E-state index contributed by atoms with van der Waals surface area (Å²) in [6.07, 6.45) is 0.885. The highest BCUT2D eigenvalue weighted by atomic mass is 35.5. The average Bonchev–Trinajstić information content (AvgIpc) is 2.64. The van der Waals surface area contributed by atoms with Gasteiger partial charge in [-0.25, -0.2) is 8.42 Å². The van der Waals surface area contributed by atoms with E-state index in [1.165, 1.54) is 16.4 Å². The smallest absolute Gasteiger partial charge is 0.246 e. The highest BCUT2D eigenvalue weighted by molar-refractivity contribution is 7.89. The van der Waals surface area contributed by atoms with Crippen LogP contribution in [0.1, 0.15) is 24.0 Å². The van der Waals surface area contributed by atoms with Crippen LogP contribution < -0.4 is 5.32 Å². The number of hydrogen-bond acceptors (Lipinski definition) is 3. The molecule has 0 atom stereocenters. The molecule has 150 valence electrons. The Morgan fingerprint density at radius 2 is 1.68 bits per heavy atom. The van der Waals surface area contributed by atoms with Gasteiger partial charge >= 0.3 is 0 Å². The Labute approximate surface area is 175 Å². The lowest BCUT2D eigenvalue weighted by atomic mass is 9.97. The Hall–Kier alpha value is -1.60. The molecular formula is C20H22Cl2N2O3S. The van der Waals surface area contributed by atoms with Crippen LogP contribution in [0.4, 0.5) is 5.69 Å². The second kappa shape index (κ2) is 8.41. The van der Waals surface area contributed by atoms with Gasteiger partial charge in [0.2, 0.25) is 15.9 Å². The molecule has 0 radical (unpaired) electrons. The fourth-order valence-electron chi connectivity index (χ4n) is 3.32. The van der Waals surface area contributed by atoms with Crippen molar-refractivity contribution < 1.29 is 13.2 Å². The number of rotatable bonds is 4. The van der Waals surface area contributed by atoms with Gasteiger partial charge in [-0.05, 0) is 56.0 Å². The van der Waals surface area contributed by atoms with Gasteiger partial charge in [0.1, 0.15) is 4.90 Å². The molecule has 0 bridgehead atoms. The van der Waals surface area contributed by atoms with Crippen molar-refractivity contribution in [2.75, 3.05) is 18.4 Å². The number of carbonyl (C=O) groups excluding carboxylic acids is 1. The third-order valence-corrected chi connectivity index (χ3v) is 7.85. The molecule has 1 heterocycles. The van der Waals surface area contributed by atoms with Gasteiger partial charge in [-0.3, -0.25) is 4.79 Å². The van der Waals surface area contributed by atoms with Gasteiger partial charge in [0.25, 0.3) is 0 Å². The van der Waals surface area contributed by atoms with E-state index in [4.69, 9.17) is 23.2 Å². The molecule has 1 N–H and O–H groups in total. The van der Waals surface area contributed by atoms with Gasteiger partial charge < -0.3 is 5.32 Å². The molecule has 1 fully saturated rings. The average molecular weight is 441 g/mol. The molecule has 5 nitrogen and oxygen atoms in total. The van der Waals surface area contributed by atoms with Crippen LogP contribution in [0.2, 0.25) is 10.0 Å². The van der Waals surface area contributed by atoms with Gasteiger partial charge in [0.15, 0.2) is 0 Å². The van der Waals surface area contributed by atoms with Crippen LogP contribution in [0.5, 0.6) is 0 Å². The molecule has 0 aliphatic carbocycles. The summed E-state index contributed by atoms with van der Waals surface area (Å²) in [5.41, 5.74) is 2.86. The number of nitrogens with one attached hydrogen (secondary N) is 1. The predicted octanol–water partition coefficient (Wildman–Crippen LogP) is 4.65. The van der Waals surface area contributed by atoms with Crippen molar-refractivity contribution in [2.24, 2.45) is 5.92 Å². The van der Waals surface area contributed by atoms with Crippen molar-refractivity contribution in [3.63, 3.8) is 0 Å². The largest absolute Gasteiger partial charge is 0.326 e. The minimum atomic E-state index is -3.81. The van der Waals surface area contributed by atoms with Gasteiger partial charge in [-0.2, -0.15) is 4.31 Å². The van der Waals surface area contributed by atoms with Crippen LogP contribution >= 0.6 is 23.2 Å². The zero-order chi connectivity index (χ0) is 20.5. The van der Waals surface area contributed by atoms with Gasteiger partial charge in [0, 0.05) is 24.7 Å². The molecule has 2 aromatic carbocycles. The number of nitrogens with zero attached hydrogens (tertiary/aromatic N) is 1. The lowest BCUT2D eigenvalue weighted by Crippen LogP contribution is -2.41. The number of aryl methyl sites for hydroxylation is 2. The second-order valence-electron chi connectivity index (χ2n) is 7.04. The summed E-state index contributed by atoms with van der Waals surface area (Å²) in [7, 11) is -3.81. The molecule has 1 amide bonds. The minimum Gasteiger partial charge on any atom is -0.326 e. The summed E-state index contributed by atoms with van der Waals surface area (Å²) in [5.74, 6) is -0.324. The molecule has 2 aromatic rings. The number of sulfonamides is 1. The van der Waals surface area contributed by atoms with Gasteiger partial charge in [-0.15, -0.1) is 0 Å². The second-order valence-corrected chi connectivity index (χ2v) is 9.73. The molecule has 0 saturated carbocycles. The highest BCUT2D eigenvalue weighted by Crippen LogP contribution is 2.33. The predicted molar refractivity (Wildman–Crippen MR) is 112 cm³/mol. The van der Waals surface area contributed by atoms with E-state index < -0.39 is 10.0 Å². The summed E-state index contributed by atoms with van der Waals surface area (Å²) in [6, 6.07) is 10.5. The first-order chi connectivity index (χ1) is 13.2. The SMILES string of the molecule is Cc1ccc(C)c(NC(=O)C2CCN(S(=O)(=O)c3c(Cl)cccc3Cl)CC2)c1. The number of carbonyl (C=O) groups is 1. The van der Waals surface area contributed by atoms with Crippen LogP contribution in [-0.2, 0) is 14.8 Å². The Kier molecular flexibility index (Phi) is 6.34. The van der Waals surface area contributed by atoms with Crippen LogP contribution in [0, 0.1) is 19.8 Å². The van der Waals surface area contributed by atoms with E-state index in [9.17, 15) is 13.2 Å². The Morgan fingerprint density at radius 1 is 1.07 bits per heavy atom. The van der Waals surface area contributed by atoms with E-state index in [2.05, 4.69) is 5.32 Å². The Morgan fingerprint density at radius 3 is 2.29 bits per heavy atom. The normalized spacial score (nSPS) is 16.1. The fraction of sp³-hybridized carbons (Fsp3) is 0.350. The zero-order valence-corrected chi connectivity index (χ0v) is 18.0. The molecule has 1 aliphatic heterocycles. The summed E-state index contributed by atoms with van der Waals surface area (Å²) in [5, 5.41) is 3.17. The Bertz CT molecular complexity index is 980. The molecule has 28 heavy (non-hydrogen) atoms. The van der Waals surface area contributed by atoms with Crippen LogP contribution in [0.25, 0.3) is 0 Å². The van der Waals surface area contributed by atoms with E-state index in [1.807, 2.05) is 32.0 Å². The van der Waals surface area contributed by atoms with Gasteiger partial charge in [0.05, 0.1) is 10.0 Å². The minimum absolute atomic E-state index is 0.0726. The molecule has 0 spiro atoms. The molecule has 8 heteroatoms. The van der Waals surface area contributed by atoms with E-state index in [1.54, 1.807) is 6.07 Å². The summed E-state index contributed by atoms with van der Waals surface area (Å²) < 4.78 is 27.2. The van der Waals surface area contributed by atoms with Crippen LogP contribution in [0.3, 0.4) is 0 Å². The maximum atomic E-state index is 12.9.